The fourth-order valence-corrected chi connectivity index (χ4v) is 5.69. The number of pyridine rings is 1. The number of hydrogen-bond acceptors (Lipinski definition) is 8. The fraction of sp³-hybridized carbons (Fsp3) is 0.357. The van der Waals surface area contributed by atoms with Crippen LogP contribution in [0, 0.1) is 0 Å². The average Bonchev–Trinajstić information content (AvgIpc) is 3.24. The quantitative estimate of drug-likeness (QED) is 0.307. The van der Waals surface area contributed by atoms with E-state index in [0.29, 0.717) is 43.3 Å². The Hall–Kier alpha value is -3.42. The Kier molecular flexibility index (Phi) is 9.40. The monoisotopic (exact) mass is 603 g/mol. The van der Waals surface area contributed by atoms with Crippen molar-refractivity contribution in [3.63, 3.8) is 0 Å². The van der Waals surface area contributed by atoms with E-state index >= 15 is 0 Å². The molecule has 1 saturated heterocycles. The Morgan fingerprint density at radius 3 is 2.46 bits per heavy atom. The third-order valence-corrected chi connectivity index (χ3v) is 8.14. The van der Waals surface area contributed by atoms with Gasteiger partial charge >= 0.3 is 0 Å². The second kappa shape index (κ2) is 12.6. The van der Waals surface area contributed by atoms with Gasteiger partial charge in [-0.15, -0.1) is 12.4 Å². The number of halogens is 1. The van der Waals surface area contributed by atoms with Crippen LogP contribution in [0.2, 0.25) is 0 Å². The van der Waals surface area contributed by atoms with Crippen LogP contribution in [0.25, 0.3) is 21.8 Å². The van der Waals surface area contributed by atoms with E-state index in [4.69, 9.17) is 19.3 Å². The van der Waals surface area contributed by atoms with Gasteiger partial charge < -0.3 is 18.8 Å². The van der Waals surface area contributed by atoms with Gasteiger partial charge in [-0.3, -0.25) is 14.6 Å². The van der Waals surface area contributed by atoms with Crippen molar-refractivity contribution in [3.05, 3.63) is 48.5 Å². The van der Waals surface area contributed by atoms with Gasteiger partial charge in [-0.1, -0.05) is 6.07 Å². The summed E-state index contributed by atoms with van der Waals surface area (Å²) >= 11 is 0. The third kappa shape index (κ3) is 6.26. The number of morpholine rings is 1. The predicted molar refractivity (Wildman–Crippen MR) is 160 cm³/mol. The first kappa shape index (κ1) is 30.5. The van der Waals surface area contributed by atoms with Crippen molar-refractivity contribution in [1.29, 1.82) is 0 Å². The molecule has 4 aromatic rings. The first-order valence-electron chi connectivity index (χ1n) is 13.0. The molecule has 0 bridgehead atoms. The molecule has 0 saturated carbocycles. The Bertz CT molecular complexity index is 1670. The van der Waals surface area contributed by atoms with E-state index in [1.807, 2.05) is 29.8 Å². The van der Waals surface area contributed by atoms with Gasteiger partial charge in [0.05, 0.1) is 43.5 Å². The number of hydrogen-bond donors (Lipinski definition) is 1. The maximum Gasteiger partial charge on any atom is 0.241 e. The number of carbonyl (C=O) groups excluding carboxylic acids is 1. The molecule has 220 valence electrons. The van der Waals surface area contributed by atoms with Gasteiger partial charge in [0.1, 0.15) is 5.69 Å². The molecule has 3 heterocycles. The Labute approximate surface area is 245 Å². The highest BCUT2D eigenvalue weighted by molar-refractivity contribution is 7.89. The van der Waals surface area contributed by atoms with Crippen LogP contribution in [-0.2, 0) is 26.6 Å². The number of benzene rings is 2. The number of fused-ring (bicyclic) bond motifs is 3. The highest BCUT2D eigenvalue weighted by Crippen LogP contribution is 2.38. The summed E-state index contributed by atoms with van der Waals surface area (Å²) in [5.41, 5.74) is 2.79. The predicted octanol–water partition coefficient (Wildman–Crippen LogP) is 3.59. The van der Waals surface area contributed by atoms with Gasteiger partial charge in [0.2, 0.25) is 27.7 Å². The molecule has 5 rings (SSSR count). The molecular weight excluding hydrogens is 570 g/mol. The first-order chi connectivity index (χ1) is 19.2. The lowest BCUT2D eigenvalue weighted by atomic mass is 10.1. The fourth-order valence-electron chi connectivity index (χ4n) is 5.15. The standard InChI is InChI=1S/C28H33N5O6S.ClH/c1-31-23-9-7-20(40(29,35)36)18-22(23)21-8-6-19(17-25(21)31)33(24-10-11-26(37-2)30-28(24)38-3)27(34)5-4-12-32-13-15-39-16-14-32;/h6-11,17-18H,4-5,12-16H2,1-3H3,(H2,29,35,36);1H. The van der Waals surface area contributed by atoms with Gasteiger partial charge in [0.25, 0.3) is 0 Å². The van der Waals surface area contributed by atoms with E-state index in [-0.39, 0.29) is 29.1 Å². The van der Waals surface area contributed by atoms with Crippen LogP contribution in [0.1, 0.15) is 12.8 Å². The molecule has 1 fully saturated rings. The molecule has 2 aromatic heterocycles. The normalized spacial score (nSPS) is 14.1. The van der Waals surface area contributed by atoms with Crippen molar-refractivity contribution < 1.29 is 27.4 Å². The highest BCUT2D eigenvalue weighted by atomic mass is 35.5. The smallest absolute Gasteiger partial charge is 0.241 e. The van der Waals surface area contributed by atoms with Crippen molar-refractivity contribution in [3.8, 4) is 11.8 Å². The SMILES string of the molecule is COc1ccc(N(C(=O)CCCN2CCOCC2)c2ccc3c4cc(S(N)(=O)=O)ccc4n(C)c3c2)c(OC)n1.Cl. The van der Waals surface area contributed by atoms with Crippen molar-refractivity contribution in [2.45, 2.75) is 17.7 Å². The van der Waals surface area contributed by atoms with Gasteiger partial charge in [0.15, 0.2) is 0 Å². The van der Waals surface area contributed by atoms with Crippen LogP contribution in [0.15, 0.2) is 53.4 Å². The molecular formula is C28H34ClN5O6S. The number of aryl methyl sites for hydroxylation is 1. The van der Waals surface area contributed by atoms with Crippen molar-refractivity contribution in [2.75, 3.05) is 52.0 Å². The number of sulfonamides is 1. The molecule has 0 spiro atoms. The van der Waals surface area contributed by atoms with E-state index in [1.54, 1.807) is 29.2 Å². The molecule has 41 heavy (non-hydrogen) atoms. The second-order valence-electron chi connectivity index (χ2n) is 9.65. The van der Waals surface area contributed by atoms with Gasteiger partial charge in [-0.2, -0.15) is 4.98 Å². The Morgan fingerprint density at radius 1 is 1.02 bits per heavy atom. The molecule has 0 unspecified atom stereocenters. The van der Waals surface area contributed by atoms with Crippen molar-refractivity contribution in [2.24, 2.45) is 12.2 Å². The topological polar surface area (TPSA) is 129 Å². The highest BCUT2D eigenvalue weighted by Gasteiger charge is 2.25. The minimum absolute atomic E-state index is 0. The molecule has 0 radical (unpaired) electrons. The zero-order valence-corrected chi connectivity index (χ0v) is 24.8. The molecule has 2 aromatic carbocycles. The summed E-state index contributed by atoms with van der Waals surface area (Å²) < 4.78 is 42.2. The van der Waals surface area contributed by atoms with Crippen LogP contribution >= 0.6 is 12.4 Å². The van der Waals surface area contributed by atoms with E-state index < -0.39 is 10.0 Å². The lowest BCUT2D eigenvalue weighted by Gasteiger charge is -2.27. The average molecular weight is 604 g/mol. The number of primary sulfonamides is 1. The number of carbonyl (C=O) groups is 1. The maximum atomic E-state index is 13.8. The molecule has 11 nitrogen and oxygen atoms in total. The second-order valence-corrected chi connectivity index (χ2v) is 11.2. The zero-order chi connectivity index (χ0) is 28.4. The number of ether oxygens (including phenoxy) is 3. The van der Waals surface area contributed by atoms with Crippen molar-refractivity contribution >= 4 is 61.5 Å². The van der Waals surface area contributed by atoms with Gasteiger partial charge in [-0.05, 0) is 49.4 Å². The van der Waals surface area contributed by atoms with Crippen LogP contribution < -0.4 is 19.5 Å². The molecule has 1 aliphatic rings. The Balaban J connectivity index is 0.00000387. The molecule has 0 aliphatic carbocycles. The Morgan fingerprint density at radius 2 is 1.78 bits per heavy atom. The number of nitrogens with two attached hydrogens (primary N) is 1. The van der Waals surface area contributed by atoms with E-state index in [1.165, 1.54) is 20.3 Å². The number of rotatable bonds is 9. The maximum absolute atomic E-state index is 13.8. The molecule has 13 heteroatoms. The summed E-state index contributed by atoms with van der Waals surface area (Å²) in [6.45, 7) is 3.94. The summed E-state index contributed by atoms with van der Waals surface area (Å²) in [6.07, 6.45) is 1.01. The van der Waals surface area contributed by atoms with E-state index in [2.05, 4.69) is 9.88 Å². The number of aromatic nitrogens is 2. The largest absolute Gasteiger partial charge is 0.481 e. The number of amides is 1. The molecule has 2 N–H and O–H groups in total. The minimum atomic E-state index is -3.86. The molecule has 1 aliphatic heterocycles. The van der Waals surface area contributed by atoms with Crippen LogP contribution in [0.4, 0.5) is 11.4 Å². The summed E-state index contributed by atoms with van der Waals surface area (Å²) in [5.74, 6) is 0.527. The van der Waals surface area contributed by atoms with Crippen LogP contribution in [-0.4, -0.2) is 75.8 Å². The summed E-state index contributed by atoms with van der Waals surface area (Å²) in [4.78, 5) is 22.2. The number of nitrogens with zero attached hydrogens (tertiary/aromatic N) is 4. The molecule has 0 atom stereocenters. The first-order valence-corrected chi connectivity index (χ1v) is 14.5. The lowest BCUT2D eigenvalue weighted by molar-refractivity contribution is -0.118. The van der Waals surface area contributed by atoms with E-state index in [0.717, 1.165) is 41.4 Å². The summed E-state index contributed by atoms with van der Waals surface area (Å²) in [5, 5.41) is 6.97. The lowest BCUT2D eigenvalue weighted by Crippen LogP contribution is -2.37. The van der Waals surface area contributed by atoms with E-state index in [9.17, 15) is 13.2 Å². The third-order valence-electron chi connectivity index (χ3n) is 7.23. The van der Waals surface area contributed by atoms with Gasteiger partial charge in [-0.25, -0.2) is 13.6 Å². The van der Waals surface area contributed by atoms with Crippen LogP contribution in [0.5, 0.6) is 11.8 Å². The minimum Gasteiger partial charge on any atom is -0.481 e. The zero-order valence-electron chi connectivity index (χ0n) is 23.2. The van der Waals surface area contributed by atoms with Crippen LogP contribution in [0.3, 0.4) is 0 Å². The van der Waals surface area contributed by atoms with Gasteiger partial charge in [0, 0.05) is 48.9 Å². The number of methoxy groups -OCH3 is 2. The molecule has 1 amide bonds. The number of anilines is 2. The summed E-state index contributed by atoms with van der Waals surface area (Å²) in [7, 11) is 1.06. The summed E-state index contributed by atoms with van der Waals surface area (Å²) in [6, 6.07) is 13.9. The van der Waals surface area contributed by atoms with Crippen molar-refractivity contribution in [1.82, 2.24) is 14.5 Å².